The quantitative estimate of drug-likeness (QED) is 0.842. The Morgan fingerprint density at radius 3 is 3.00 bits per heavy atom. The molecule has 2 aromatic heterocycles. The molecular formula is C15H18N4O3S. The first-order valence-corrected chi connectivity index (χ1v) is 8.58. The molecular weight excluding hydrogens is 316 g/mol. The lowest BCUT2D eigenvalue weighted by Crippen LogP contribution is -2.28. The molecule has 7 nitrogen and oxygen atoms in total. The summed E-state index contributed by atoms with van der Waals surface area (Å²) in [7, 11) is 0. The summed E-state index contributed by atoms with van der Waals surface area (Å²) in [5, 5.41) is 10.1. The molecule has 8 heteroatoms. The summed E-state index contributed by atoms with van der Waals surface area (Å²) in [5.74, 6) is 2.69. The van der Waals surface area contributed by atoms with Crippen molar-refractivity contribution in [2.24, 2.45) is 0 Å². The molecule has 23 heavy (non-hydrogen) atoms. The van der Waals surface area contributed by atoms with Gasteiger partial charge in [-0.05, 0) is 12.1 Å². The molecule has 3 rings (SSSR count). The fourth-order valence-electron chi connectivity index (χ4n) is 2.33. The third-order valence-corrected chi connectivity index (χ3v) is 4.50. The number of fused-ring (bicyclic) bond motifs is 1. The maximum Gasteiger partial charge on any atom is 0.242 e. The molecule has 0 radical (unpaired) electrons. The summed E-state index contributed by atoms with van der Waals surface area (Å²) in [4.78, 5) is 23.8. The maximum atomic E-state index is 12.1. The minimum atomic E-state index is -0.178. The fraction of sp³-hybridized carbons (Fsp3) is 0.400. The number of aromatic nitrogens is 2. The van der Waals surface area contributed by atoms with Gasteiger partial charge >= 0.3 is 0 Å². The number of nitrogens with one attached hydrogen (secondary N) is 2. The van der Waals surface area contributed by atoms with Crippen molar-refractivity contribution >= 4 is 29.4 Å². The zero-order valence-corrected chi connectivity index (χ0v) is 13.6. The second-order valence-electron chi connectivity index (χ2n) is 5.18. The Hall–Kier alpha value is -2.22. The van der Waals surface area contributed by atoms with Crippen molar-refractivity contribution in [1.29, 1.82) is 0 Å². The summed E-state index contributed by atoms with van der Waals surface area (Å²) in [6.45, 7) is 2.19. The monoisotopic (exact) mass is 334 g/mol. The highest BCUT2D eigenvalue weighted by Crippen LogP contribution is 2.34. The van der Waals surface area contributed by atoms with Crippen molar-refractivity contribution in [2.75, 3.05) is 5.32 Å². The summed E-state index contributed by atoms with van der Waals surface area (Å²) in [6.07, 6.45) is 1.95. The molecule has 0 saturated heterocycles. The third kappa shape index (κ3) is 3.58. The topological polar surface area (TPSA) is 89.2 Å². The van der Waals surface area contributed by atoms with Gasteiger partial charge in [-0.1, -0.05) is 6.92 Å². The van der Waals surface area contributed by atoms with Gasteiger partial charge in [0.1, 0.15) is 18.1 Å². The zero-order valence-electron chi connectivity index (χ0n) is 12.8. The average molecular weight is 334 g/mol. The molecule has 2 aromatic rings. The minimum Gasteiger partial charge on any atom is -0.467 e. The third-order valence-electron chi connectivity index (χ3n) is 3.53. The molecule has 0 spiro atoms. The first-order chi connectivity index (χ1) is 11.2. The predicted octanol–water partition coefficient (Wildman–Crippen LogP) is 1.89. The van der Waals surface area contributed by atoms with Crippen LogP contribution in [-0.2, 0) is 34.2 Å². The standard InChI is InChI=1S/C15H18N4O3S/c1-2-13(20)17-15-11-8-23-9-12(11)18-19(15)7-14(21)16-6-10-4-3-5-22-10/h3-5H,2,6-9H2,1H3,(H,16,21)(H,17,20). The van der Waals surface area contributed by atoms with Gasteiger partial charge in [0, 0.05) is 23.5 Å². The average Bonchev–Trinajstić information content (AvgIpc) is 3.25. The first kappa shape index (κ1) is 15.7. The summed E-state index contributed by atoms with van der Waals surface area (Å²) < 4.78 is 6.76. The number of thioether (sulfide) groups is 1. The minimum absolute atomic E-state index is 0.0672. The van der Waals surface area contributed by atoms with Crippen LogP contribution in [0.25, 0.3) is 0 Å². The number of amides is 2. The van der Waals surface area contributed by atoms with Crippen LogP contribution in [-0.4, -0.2) is 21.6 Å². The van der Waals surface area contributed by atoms with Crippen LogP contribution in [0.5, 0.6) is 0 Å². The van der Waals surface area contributed by atoms with Gasteiger partial charge in [0.2, 0.25) is 11.8 Å². The number of rotatable bonds is 6. The molecule has 2 amide bonds. The molecule has 122 valence electrons. The van der Waals surface area contributed by atoms with Crippen LogP contribution in [0.3, 0.4) is 0 Å². The van der Waals surface area contributed by atoms with E-state index in [4.69, 9.17) is 4.42 Å². The molecule has 2 N–H and O–H groups in total. The molecule has 1 aliphatic rings. The highest BCUT2D eigenvalue weighted by atomic mass is 32.2. The van der Waals surface area contributed by atoms with Crippen molar-refractivity contribution in [3.8, 4) is 0 Å². The lowest BCUT2D eigenvalue weighted by Gasteiger charge is -2.10. The van der Waals surface area contributed by atoms with E-state index in [-0.39, 0.29) is 18.4 Å². The summed E-state index contributed by atoms with van der Waals surface area (Å²) >= 11 is 1.75. The summed E-state index contributed by atoms with van der Waals surface area (Å²) in [5.41, 5.74) is 1.97. The Morgan fingerprint density at radius 2 is 2.26 bits per heavy atom. The molecule has 3 heterocycles. The first-order valence-electron chi connectivity index (χ1n) is 7.42. The van der Waals surface area contributed by atoms with E-state index >= 15 is 0 Å². The smallest absolute Gasteiger partial charge is 0.242 e. The fourth-order valence-corrected chi connectivity index (χ4v) is 3.37. The molecule has 0 saturated carbocycles. The number of furan rings is 1. The normalized spacial score (nSPS) is 12.9. The molecule has 0 bridgehead atoms. The van der Waals surface area contributed by atoms with Crippen LogP contribution in [0.15, 0.2) is 22.8 Å². The van der Waals surface area contributed by atoms with Gasteiger partial charge in [0.25, 0.3) is 0 Å². The van der Waals surface area contributed by atoms with Crippen LogP contribution >= 0.6 is 11.8 Å². The van der Waals surface area contributed by atoms with Gasteiger partial charge < -0.3 is 15.1 Å². The number of nitrogens with zero attached hydrogens (tertiary/aromatic N) is 2. The van der Waals surface area contributed by atoms with Crippen LogP contribution in [0.4, 0.5) is 5.82 Å². The lowest BCUT2D eigenvalue weighted by molar-refractivity contribution is -0.122. The van der Waals surface area contributed by atoms with Crippen LogP contribution in [0, 0.1) is 0 Å². The van der Waals surface area contributed by atoms with Crippen molar-refractivity contribution in [3.63, 3.8) is 0 Å². The van der Waals surface area contributed by atoms with E-state index in [0.717, 1.165) is 22.8 Å². The highest BCUT2D eigenvalue weighted by Gasteiger charge is 2.24. The van der Waals surface area contributed by atoms with E-state index in [1.165, 1.54) is 0 Å². The molecule has 0 atom stereocenters. The Labute approximate surface area is 137 Å². The molecule has 0 aromatic carbocycles. The van der Waals surface area contributed by atoms with E-state index < -0.39 is 0 Å². The molecule has 0 fully saturated rings. The number of hydrogen-bond donors (Lipinski definition) is 2. The second-order valence-corrected chi connectivity index (χ2v) is 6.17. The SMILES string of the molecule is CCC(=O)Nc1c2c(nn1CC(=O)NCc1ccco1)CSC2. The number of carbonyl (C=O) groups excluding carboxylic acids is 2. The van der Waals surface area contributed by atoms with Gasteiger partial charge in [-0.15, -0.1) is 0 Å². The Bertz CT molecular complexity index is 709. The van der Waals surface area contributed by atoms with Gasteiger partial charge in [-0.2, -0.15) is 16.9 Å². The van der Waals surface area contributed by atoms with E-state index in [1.54, 1.807) is 41.8 Å². The Balaban J connectivity index is 1.69. The number of hydrogen-bond acceptors (Lipinski definition) is 5. The largest absolute Gasteiger partial charge is 0.467 e. The van der Waals surface area contributed by atoms with Crippen molar-refractivity contribution in [2.45, 2.75) is 37.9 Å². The van der Waals surface area contributed by atoms with Crippen LogP contribution in [0.1, 0.15) is 30.4 Å². The lowest BCUT2D eigenvalue weighted by atomic mass is 10.2. The van der Waals surface area contributed by atoms with Gasteiger partial charge in [-0.3, -0.25) is 9.59 Å². The van der Waals surface area contributed by atoms with Gasteiger partial charge in [0.05, 0.1) is 18.5 Å². The van der Waals surface area contributed by atoms with E-state index in [2.05, 4.69) is 15.7 Å². The number of carbonyl (C=O) groups is 2. The Kier molecular flexibility index (Phi) is 4.71. The van der Waals surface area contributed by atoms with Crippen molar-refractivity contribution < 1.29 is 14.0 Å². The predicted molar refractivity (Wildman–Crippen MR) is 86.7 cm³/mol. The Morgan fingerprint density at radius 1 is 1.39 bits per heavy atom. The molecule has 0 unspecified atom stereocenters. The van der Waals surface area contributed by atoms with Gasteiger partial charge in [0.15, 0.2) is 0 Å². The number of anilines is 1. The maximum absolute atomic E-state index is 12.1. The van der Waals surface area contributed by atoms with E-state index in [1.807, 2.05) is 0 Å². The zero-order chi connectivity index (χ0) is 16.2. The van der Waals surface area contributed by atoms with Crippen LogP contribution < -0.4 is 10.6 Å². The van der Waals surface area contributed by atoms with E-state index in [9.17, 15) is 9.59 Å². The molecule has 1 aliphatic heterocycles. The second kappa shape index (κ2) is 6.91. The van der Waals surface area contributed by atoms with Crippen LogP contribution in [0.2, 0.25) is 0 Å². The van der Waals surface area contributed by atoms with E-state index in [0.29, 0.717) is 24.5 Å². The highest BCUT2D eigenvalue weighted by molar-refractivity contribution is 7.98. The summed E-state index contributed by atoms with van der Waals surface area (Å²) in [6, 6.07) is 3.57. The van der Waals surface area contributed by atoms with Crippen molar-refractivity contribution in [1.82, 2.24) is 15.1 Å². The van der Waals surface area contributed by atoms with Crippen molar-refractivity contribution in [3.05, 3.63) is 35.4 Å². The molecule has 0 aliphatic carbocycles. The van der Waals surface area contributed by atoms with Gasteiger partial charge in [-0.25, -0.2) is 4.68 Å².